The van der Waals surface area contributed by atoms with Gasteiger partial charge >= 0.3 is 0 Å². The molecule has 2 N–H and O–H groups in total. The number of phenolic OH excluding ortho intramolecular Hbond substituents is 1. The Morgan fingerprint density at radius 3 is 2.78 bits per heavy atom. The van der Waals surface area contributed by atoms with Crippen molar-refractivity contribution in [2.45, 2.75) is 0 Å². The number of rotatable bonds is 4. The molecule has 0 saturated heterocycles. The van der Waals surface area contributed by atoms with Crippen LogP contribution in [-0.4, -0.2) is 22.2 Å². The number of carbonyl (C=O) groups excluding carboxylic acids is 1. The summed E-state index contributed by atoms with van der Waals surface area (Å²) in [5, 5.41) is 24.7. The number of hydrogen-bond donors (Lipinski definition) is 2. The number of hydrazone groups is 1. The Morgan fingerprint density at radius 2 is 2.09 bits per heavy atom. The van der Waals surface area contributed by atoms with Gasteiger partial charge in [0.15, 0.2) is 0 Å². The maximum atomic E-state index is 12.0. The standard InChI is InChI=1S/C14H9BrClN3O4/c15-11-6-9(16)5-8(13(11)20)7-17-18-14(21)10-3-1-2-4-12(10)19(22)23/h1-7,20H,(H,18,21). The highest BCUT2D eigenvalue weighted by Gasteiger charge is 2.18. The number of benzene rings is 2. The molecule has 2 aromatic rings. The van der Waals surface area contributed by atoms with Crippen LogP contribution in [0.25, 0.3) is 0 Å². The second-order valence-corrected chi connectivity index (χ2v) is 5.59. The van der Waals surface area contributed by atoms with E-state index in [4.69, 9.17) is 11.6 Å². The summed E-state index contributed by atoms with van der Waals surface area (Å²) in [5.41, 5.74) is 1.99. The molecule has 7 nitrogen and oxygen atoms in total. The van der Waals surface area contributed by atoms with E-state index >= 15 is 0 Å². The van der Waals surface area contributed by atoms with E-state index in [1.165, 1.54) is 42.6 Å². The van der Waals surface area contributed by atoms with Crippen LogP contribution in [-0.2, 0) is 0 Å². The van der Waals surface area contributed by atoms with Gasteiger partial charge in [0.2, 0.25) is 0 Å². The molecule has 0 unspecified atom stereocenters. The van der Waals surface area contributed by atoms with Crippen molar-refractivity contribution in [2.24, 2.45) is 5.10 Å². The van der Waals surface area contributed by atoms with Gasteiger partial charge in [-0.2, -0.15) is 5.10 Å². The van der Waals surface area contributed by atoms with E-state index in [2.05, 4.69) is 26.5 Å². The zero-order valence-electron chi connectivity index (χ0n) is 11.4. The van der Waals surface area contributed by atoms with Gasteiger partial charge in [0.25, 0.3) is 11.6 Å². The quantitative estimate of drug-likeness (QED) is 0.467. The van der Waals surface area contributed by atoms with Gasteiger partial charge in [-0.3, -0.25) is 14.9 Å². The number of nitrogens with one attached hydrogen (secondary N) is 1. The number of nitrogens with zero attached hydrogens (tertiary/aromatic N) is 2. The topological polar surface area (TPSA) is 105 Å². The highest BCUT2D eigenvalue weighted by molar-refractivity contribution is 9.10. The third kappa shape index (κ3) is 4.05. The van der Waals surface area contributed by atoms with Crippen molar-refractivity contribution in [3.8, 4) is 5.75 Å². The fourth-order valence-electron chi connectivity index (χ4n) is 1.73. The molecule has 0 aliphatic rings. The maximum Gasteiger partial charge on any atom is 0.282 e. The molecule has 0 aliphatic carbocycles. The molecule has 0 fully saturated rings. The summed E-state index contributed by atoms with van der Waals surface area (Å²) in [6, 6.07) is 8.45. The normalized spacial score (nSPS) is 10.7. The molecule has 0 radical (unpaired) electrons. The van der Waals surface area contributed by atoms with Crippen LogP contribution in [0.3, 0.4) is 0 Å². The molecule has 0 aliphatic heterocycles. The van der Waals surface area contributed by atoms with Gasteiger partial charge < -0.3 is 5.11 Å². The highest BCUT2D eigenvalue weighted by Crippen LogP contribution is 2.30. The molecule has 0 atom stereocenters. The number of para-hydroxylation sites is 1. The van der Waals surface area contributed by atoms with Gasteiger partial charge in [-0.1, -0.05) is 23.7 Å². The number of phenols is 1. The third-order valence-corrected chi connectivity index (χ3v) is 3.60. The monoisotopic (exact) mass is 397 g/mol. The van der Waals surface area contributed by atoms with Crippen LogP contribution < -0.4 is 5.43 Å². The summed E-state index contributed by atoms with van der Waals surface area (Å²) in [6.45, 7) is 0. The van der Waals surface area contributed by atoms with Gasteiger partial charge in [-0.05, 0) is 34.1 Å². The fraction of sp³-hybridized carbons (Fsp3) is 0. The molecule has 1 amide bonds. The molecule has 2 aromatic carbocycles. The van der Waals surface area contributed by atoms with Crippen LogP contribution in [0.2, 0.25) is 5.02 Å². The lowest BCUT2D eigenvalue weighted by Gasteiger charge is -2.03. The number of carbonyl (C=O) groups is 1. The molecule has 0 heterocycles. The lowest BCUT2D eigenvalue weighted by atomic mass is 10.2. The van der Waals surface area contributed by atoms with Gasteiger partial charge in [0.05, 0.1) is 15.6 Å². The molecule has 23 heavy (non-hydrogen) atoms. The lowest BCUT2D eigenvalue weighted by Crippen LogP contribution is -2.18. The van der Waals surface area contributed by atoms with Crippen LogP contribution >= 0.6 is 27.5 Å². The van der Waals surface area contributed by atoms with Gasteiger partial charge in [0.1, 0.15) is 11.3 Å². The highest BCUT2D eigenvalue weighted by atomic mass is 79.9. The van der Waals surface area contributed by atoms with Gasteiger partial charge in [-0.15, -0.1) is 0 Å². The molecular weight excluding hydrogens is 390 g/mol. The number of nitro benzene ring substituents is 1. The first-order valence-electron chi connectivity index (χ1n) is 6.15. The molecule has 0 saturated carbocycles. The van der Waals surface area contributed by atoms with Gasteiger partial charge in [0, 0.05) is 16.7 Å². The van der Waals surface area contributed by atoms with E-state index in [-0.39, 0.29) is 22.6 Å². The van der Waals surface area contributed by atoms with Crippen LogP contribution in [0.5, 0.6) is 5.75 Å². The summed E-state index contributed by atoms with van der Waals surface area (Å²) in [4.78, 5) is 22.2. The van der Waals surface area contributed by atoms with E-state index < -0.39 is 10.8 Å². The van der Waals surface area contributed by atoms with Crippen LogP contribution in [0.4, 0.5) is 5.69 Å². The molecule has 9 heteroatoms. The SMILES string of the molecule is O=C(NN=Cc1cc(Cl)cc(Br)c1O)c1ccccc1[N+](=O)[O-]. The first kappa shape index (κ1) is 16.9. The molecule has 0 bridgehead atoms. The zero-order valence-corrected chi connectivity index (χ0v) is 13.7. The largest absolute Gasteiger partial charge is 0.506 e. The van der Waals surface area contributed by atoms with Crippen molar-refractivity contribution in [3.05, 3.63) is 67.1 Å². The Balaban J connectivity index is 2.19. The van der Waals surface area contributed by atoms with Crippen molar-refractivity contribution in [1.82, 2.24) is 5.43 Å². The van der Waals surface area contributed by atoms with E-state index in [1.807, 2.05) is 0 Å². The van der Waals surface area contributed by atoms with Crippen molar-refractivity contribution in [3.63, 3.8) is 0 Å². The molecule has 0 spiro atoms. The minimum Gasteiger partial charge on any atom is -0.506 e. The number of aromatic hydroxyl groups is 1. The predicted molar refractivity (Wildman–Crippen MR) is 89.0 cm³/mol. The number of halogens is 2. The molecular formula is C14H9BrClN3O4. The van der Waals surface area contributed by atoms with Crippen molar-refractivity contribution >= 4 is 45.3 Å². The summed E-state index contributed by atoms with van der Waals surface area (Å²) >= 11 is 8.97. The summed E-state index contributed by atoms with van der Waals surface area (Å²) < 4.78 is 0.372. The second-order valence-electron chi connectivity index (χ2n) is 4.30. The number of nitro groups is 1. The Hall–Kier alpha value is -2.45. The van der Waals surface area contributed by atoms with Crippen molar-refractivity contribution in [1.29, 1.82) is 0 Å². The van der Waals surface area contributed by atoms with Crippen LogP contribution in [0, 0.1) is 10.1 Å². The Bertz CT molecular complexity index is 811. The molecule has 2 rings (SSSR count). The van der Waals surface area contributed by atoms with Gasteiger partial charge in [-0.25, -0.2) is 5.43 Å². The lowest BCUT2D eigenvalue weighted by molar-refractivity contribution is -0.385. The van der Waals surface area contributed by atoms with E-state index in [0.29, 0.717) is 9.50 Å². The Kier molecular flexibility index (Phi) is 5.30. The fourth-order valence-corrected chi connectivity index (χ4v) is 2.56. The van der Waals surface area contributed by atoms with E-state index in [9.17, 15) is 20.0 Å². The van der Waals surface area contributed by atoms with E-state index in [1.54, 1.807) is 0 Å². The minimum atomic E-state index is -0.742. The first-order chi connectivity index (χ1) is 10.9. The number of hydrogen-bond acceptors (Lipinski definition) is 5. The predicted octanol–water partition coefficient (Wildman–Crippen LogP) is 3.48. The van der Waals surface area contributed by atoms with E-state index in [0.717, 1.165) is 0 Å². The minimum absolute atomic E-state index is 0.0990. The summed E-state index contributed by atoms with van der Waals surface area (Å²) in [5.74, 6) is -0.841. The maximum absolute atomic E-state index is 12.0. The first-order valence-corrected chi connectivity index (χ1v) is 7.32. The smallest absolute Gasteiger partial charge is 0.282 e. The summed E-state index contributed by atoms with van der Waals surface area (Å²) in [6.07, 6.45) is 1.18. The van der Waals surface area contributed by atoms with Crippen LogP contribution in [0.1, 0.15) is 15.9 Å². The molecule has 0 aromatic heterocycles. The molecule has 118 valence electrons. The van der Waals surface area contributed by atoms with Crippen LogP contribution in [0.15, 0.2) is 46.0 Å². The average molecular weight is 399 g/mol. The zero-order chi connectivity index (χ0) is 17.0. The van der Waals surface area contributed by atoms with Crippen molar-refractivity contribution in [2.75, 3.05) is 0 Å². The Morgan fingerprint density at radius 1 is 1.39 bits per heavy atom. The van der Waals surface area contributed by atoms with Crippen molar-refractivity contribution < 1.29 is 14.8 Å². The number of amides is 1. The third-order valence-electron chi connectivity index (χ3n) is 2.77. The second kappa shape index (κ2) is 7.21. The Labute approximate surface area is 143 Å². The average Bonchev–Trinajstić information content (AvgIpc) is 2.51. The summed E-state index contributed by atoms with van der Waals surface area (Å²) in [7, 11) is 0.